The molecule has 2 aliphatic heterocycles. The number of morpholine rings is 1. The van der Waals surface area contributed by atoms with Gasteiger partial charge in [0.2, 0.25) is 5.88 Å². The highest BCUT2D eigenvalue weighted by Gasteiger charge is 2.17. The van der Waals surface area contributed by atoms with E-state index in [1.165, 1.54) is 0 Å². The van der Waals surface area contributed by atoms with Gasteiger partial charge in [-0.05, 0) is 48.5 Å². The second kappa shape index (κ2) is 11.0. The fourth-order valence-electron chi connectivity index (χ4n) is 4.86. The predicted octanol–water partition coefficient (Wildman–Crippen LogP) is 4.51. The molecule has 8 nitrogen and oxygen atoms in total. The third-order valence-corrected chi connectivity index (χ3v) is 6.75. The number of methoxy groups -OCH3 is 1. The van der Waals surface area contributed by atoms with Crippen molar-refractivity contribution in [2.75, 3.05) is 51.8 Å². The van der Waals surface area contributed by atoms with E-state index >= 15 is 0 Å². The Morgan fingerprint density at radius 3 is 2.61 bits per heavy atom. The third kappa shape index (κ3) is 4.96. The standard InChI is InChI=1S/C30H30N6O2/c1-37-30-24(11-7-13-32-30)34-26-20-27-29(21-25(26)31-14-15-35-16-18-38-19-17-35)36(22-8-3-2-4-9-22)28-12-6-5-10-23(28)33-27/h2-13,20-21,34H,14-19H2,1H3. The van der Waals surface area contributed by atoms with Gasteiger partial charge in [0.05, 0.1) is 60.3 Å². The SMILES string of the molecule is COc1ncccc1Nc1cc2nc3ccccc3n(-c3ccccc3)c-2cc1=NCCN1CCOCC1. The first-order chi connectivity index (χ1) is 18.8. The van der Waals surface area contributed by atoms with Gasteiger partial charge in [-0.25, -0.2) is 9.97 Å². The Morgan fingerprint density at radius 1 is 0.947 bits per heavy atom. The van der Waals surface area contributed by atoms with Crippen LogP contribution in [0.2, 0.25) is 0 Å². The smallest absolute Gasteiger partial charge is 0.237 e. The van der Waals surface area contributed by atoms with Gasteiger partial charge in [-0.3, -0.25) is 9.89 Å². The highest BCUT2D eigenvalue weighted by atomic mass is 16.5. The number of nitrogens with one attached hydrogen (secondary N) is 1. The highest BCUT2D eigenvalue weighted by Crippen LogP contribution is 2.31. The van der Waals surface area contributed by atoms with Gasteiger partial charge >= 0.3 is 0 Å². The normalized spacial score (nSPS) is 14.7. The van der Waals surface area contributed by atoms with Crippen LogP contribution in [0.5, 0.6) is 5.88 Å². The molecule has 192 valence electrons. The summed E-state index contributed by atoms with van der Waals surface area (Å²) >= 11 is 0. The maximum absolute atomic E-state index is 5.50. The van der Waals surface area contributed by atoms with Crippen molar-refractivity contribution in [3.63, 3.8) is 0 Å². The Labute approximate surface area is 221 Å². The summed E-state index contributed by atoms with van der Waals surface area (Å²) in [6, 6.07) is 26.6. The van der Waals surface area contributed by atoms with E-state index in [0.717, 1.165) is 77.7 Å². The van der Waals surface area contributed by atoms with Gasteiger partial charge in [0, 0.05) is 31.5 Å². The summed E-state index contributed by atoms with van der Waals surface area (Å²) in [6.45, 7) is 4.99. The van der Waals surface area contributed by atoms with E-state index in [1.54, 1.807) is 13.3 Å². The molecule has 1 N–H and O–H groups in total. The summed E-state index contributed by atoms with van der Waals surface area (Å²) in [4.78, 5) is 16.8. The van der Waals surface area contributed by atoms with E-state index in [1.807, 2.05) is 36.4 Å². The van der Waals surface area contributed by atoms with Crippen molar-refractivity contribution >= 4 is 22.4 Å². The molecule has 38 heavy (non-hydrogen) atoms. The van der Waals surface area contributed by atoms with Crippen LogP contribution in [-0.4, -0.2) is 65.9 Å². The van der Waals surface area contributed by atoms with Gasteiger partial charge in [-0.1, -0.05) is 30.3 Å². The third-order valence-electron chi connectivity index (χ3n) is 6.75. The lowest BCUT2D eigenvalue weighted by atomic mass is 10.1. The number of rotatable bonds is 7. The van der Waals surface area contributed by atoms with E-state index in [4.69, 9.17) is 19.5 Å². The molecular formula is C30H30N6O2. The van der Waals surface area contributed by atoms with E-state index in [9.17, 15) is 0 Å². The van der Waals surface area contributed by atoms with E-state index < -0.39 is 0 Å². The molecule has 0 amide bonds. The lowest BCUT2D eigenvalue weighted by Crippen LogP contribution is -2.38. The molecule has 8 heteroatoms. The molecule has 0 atom stereocenters. The largest absolute Gasteiger partial charge is 0.480 e. The van der Waals surface area contributed by atoms with Crippen molar-refractivity contribution in [1.29, 1.82) is 0 Å². The summed E-state index contributed by atoms with van der Waals surface area (Å²) in [5.74, 6) is 0.526. The molecule has 0 unspecified atom stereocenters. The van der Waals surface area contributed by atoms with E-state index in [0.29, 0.717) is 12.4 Å². The Kier molecular flexibility index (Phi) is 6.97. The van der Waals surface area contributed by atoms with Gasteiger partial charge in [0.1, 0.15) is 5.69 Å². The second-order valence-corrected chi connectivity index (χ2v) is 9.15. The summed E-state index contributed by atoms with van der Waals surface area (Å²) in [7, 11) is 1.62. The van der Waals surface area contributed by atoms with Crippen LogP contribution in [0.4, 0.5) is 11.4 Å². The zero-order chi connectivity index (χ0) is 25.7. The summed E-state index contributed by atoms with van der Waals surface area (Å²) in [6.07, 6.45) is 1.72. The second-order valence-electron chi connectivity index (χ2n) is 9.15. The average Bonchev–Trinajstić information content (AvgIpc) is 2.97. The molecular weight excluding hydrogens is 476 g/mol. The first-order valence-corrected chi connectivity index (χ1v) is 12.9. The zero-order valence-corrected chi connectivity index (χ0v) is 21.4. The number of anilines is 2. The Hall–Kier alpha value is -4.27. The van der Waals surface area contributed by atoms with Crippen LogP contribution in [0.15, 0.2) is 90.1 Å². The number of benzene rings is 3. The monoisotopic (exact) mass is 506 g/mol. The Morgan fingerprint density at radius 2 is 1.76 bits per heavy atom. The fourth-order valence-corrected chi connectivity index (χ4v) is 4.86. The minimum Gasteiger partial charge on any atom is -0.480 e. The molecule has 0 radical (unpaired) electrons. The summed E-state index contributed by atoms with van der Waals surface area (Å²) in [5.41, 5.74) is 6.52. The topological polar surface area (TPSA) is 76.8 Å². The van der Waals surface area contributed by atoms with E-state index in [-0.39, 0.29) is 0 Å². The molecule has 0 spiro atoms. The van der Waals surface area contributed by atoms with Gasteiger partial charge < -0.3 is 19.4 Å². The number of ether oxygens (including phenoxy) is 2. The number of aromatic nitrogens is 3. The zero-order valence-electron chi connectivity index (χ0n) is 21.4. The van der Waals surface area contributed by atoms with Crippen LogP contribution < -0.4 is 15.4 Å². The first kappa shape index (κ1) is 24.1. The average molecular weight is 507 g/mol. The van der Waals surface area contributed by atoms with Crippen molar-refractivity contribution in [3.8, 4) is 23.0 Å². The van der Waals surface area contributed by atoms with Crippen LogP contribution >= 0.6 is 0 Å². The Bertz CT molecular complexity index is 1580. The predicted molar refractivity (Wildman–Crippen MR) is 149 cm³/mol. The molecule has 0 bridgehead atoms. The highest BCUT2D eigenvalue weighted by molar-refractivity contribution is 5.84. The number of hydrogen-bond donors (Lipinski definition) is 1. The molecule has 1 aromatic heterocycles. The molecule has 3 heterocycles. The molecule has 1 fully saturated rings. The molecule has 0 saturated carbocycles. The van der Waals surface area contributed by atoms with Gasteiger partial charge in [0.25, 0.3) is 0 Å². The van der Waals surface area contributed by atoms with Crippen molar-refractivity contribution in [2.45, 2.75) is 0 Å². The fraction of sp³-hybridized carbons (Fsp3) is 0.233. The van der Waals surface area contributed by atoms with Crippen LogP contribution in [0.3, 0.4) is 0 Å². The lowest BCUT2D eigenvalue weighted by molar-refractivity contribution is 0.0394. The summed E-state index contributed by atoms with van der Waals surface area (Å²) in [5, 5.41) is 4.38. The molecule has 2 aromatic carbocycles. The summed E-state index contributed by atoms with van der Waals surface area (Å²) < 4.78 is 13.3. The number of pyridine rings is 1. The van der Waals surface area contributed by atoms with Gasteiger partial charge in [-0.15, -0.1) is 0 Å². The van der Waals surface area contributed by atoms with Gasteiger partial charge in [0.15, 0.2) is 0 Å². The quantitative estimate of drug-likeness (QED) is 0.327. The first-order valence-electron chi connectivity index (χ1n) is 12.9. The lowest BCUT2D eigenvalue weighted by Gasteiger charge is -2.25. The van der Waals surface area contributed by atoms with Gasteiger partial charge in [-0.2, -0.15) is 0 Å². The van der Waals surface area contributed by atoms with E-state index in [2.05, 4.69) is 62.2 Å². The maximum atomic E-state index is 5.50. The minimum absolute atomic E-state index is 0.526. The number of para-hydroxylation sites is 3. The number of hydrogen-bond acceptors (Lipinski definition) is 7. The molecule has 1 aliphatic carbocycles. The maximum Gasteiger partial charge on any atom is 0.237 e. The Balaban J connectivity index is 1.52. The van der Waals surface area contributed by atoms with Crippen molar-refractivity contribution in [2.24, 2.45) is 4.99 Å². The van der Waals surface area contributed by atoms with Crippen molar-refractivity contribution < 1.29 is 9.47 Å². The van der Waals surface area contributed by atoms with Crippen molar-refractivity contribution in [1.82, 2.24) is 19.4 Å². The minimum atomic E-state index is 0.526. The number of fused-ring (bicyclic) bond motifs is 2. The van der Waals surface area contributed by atoms with Crippen LogP contribution in [0.1, 0.15) is 0 Å². The van der Waals surface area contributed by atoms with Crippen LogP contribution in [0.25, 0.3) is 28.1 Å². The molecule has 6 rings (SSSR count). The molecule has 3 aliphatic rings. The molecule has 1 saturated heterocycles. The molecule has 3 aromatic rings. The van der Waals surface area contributed by atoms with Crippen LogP contribution in [-0.2, 0) is 4.74 Å². The van der Waals surface area contributed by atoms with Crippen LogP contribution in [0, 0.1) is 0 Å². The van der Waals surface area contributed by atoms with Crippen molar-refractivity contribution in [3.05, 3.63) is 90.4 Å². The number of nitrogens with zero attached hydrogens (tertiary/aromatic N) is 5.